The molecule has 0 aromatic carbocycles. The molecule has 24 heavy (non-hydrogen) atoms. The monoisotopic (exact) mass is 326 g/mol. The maximum Gasteiger partial charge on any atom is 0.254 e. The Morgan fingerprint density at radius 1 is 1.17 bits per heavy atom. The van der Waals surface area contributed by atoms with Gasteiger partial charge in [-0.25, -0.2) is 9.97 Å². The van der Waals surface area contributed by atoms with Crippen LogP contribution in [0.5, 0.6) is 0 Å². The number of nitrogens with zero attached hydrogens (tertiary/aromatic N) is 2. The predicted molar refractivity (Wildman–Crippen MR) is 91.6 cm³/mol. The molecule has 3 N–H and O–H groups in total. The Morgan fingerprint density at radius 3 is 2.38 bits per heavy atom. The summed E-state index contributed by atoms with van der Waals surface area (Å²) in [5.41, 5.74) is 6.56. The Morgan fingerprint density at radius 2 is 1.83 bits per heavy atom. The molecule has 6 fully saturated rings. The molecule has 1 amide bonds. The number of rotatable bonds is 5. The van der Waals surface area contributed by atoms with Crippen molar-refractivity contribution in [3.63, 3.8) is 0 Å². The zero-order chi connectivity index (χ0) is 16.4. The van der Waals surface area contributed by atoms with Gasteiger partial charge in [0.15, 0.2) is 0 Å². The smallest absolute Gasteiger partial charge is 0.254 e. The van der Waals surface area contributed by atoms with Crippen LogP contribution in [0, 0.1) is 17.3 Å². The lowest BCUT2D eigenvalue weighted by Crippen LogP contribution is -2.63. The van der Waals surface area contributed by atoms with Crippen LogP contribution >= 0.6 is 0 Å². The molecule has 0 atom stereocenters. The minimum atomic E-state index is -0.438. The highest BCUT2D eigenvalue weighted by atomic mass is 16.1. The van der Waals surface area contributed by atoms with Crippen molar-refractivity contribution in [3.8, 4) is 0 Å². The first-order valence-corrected chi connectivity index (χ1v) is 9.49. The fourth-order valence-electron chi connectivity index (χ4n) is 5.60. The molecule has 1 aromatic heterocycles. The molecule has 128 valence electrons. The molecule has 0 spiro atoms. The van der Waals surface area contributed by atoms with E-state index in [1.165, 1.54) is 57.8 Å². The SMILES string of the molecule is NC(=O)c1cnc(CC23CCC(CC2)CC3)nc1NC12CC(C1)C2. The zero-order valence-electron chi connectivity index (χ0n) is 14.2. The minimum absolute atomic E-state index is 0.182. The van der Waals surface area contributed by atoms with E-state index in [4.69, 9.17) is 10.7 Å². The van der Waals surface area contributed by atoms with Gasteiger partial charge in [0, 0.05) is 18.2 Å². The molecule has 5 nitrogen and oxygen atoms in total. The van der Waals surface area contributed by atoms with Crippen LogP contribution in [-0.4, -0.2) is 21.4 Å². The molecule has 0 radical (unpaired) electrons. The summed E-state index contributed by atoms with van der Waals surface area (Å²) in [6.45, 7) is 0. The Labute approximate surface area is 142 Å². The van der Waals surface area contributed by atoms with Crippen LogP contribution in [-0.2, 0) is 6.42 Å². The second-order valence-corrected chi connectivity index (χ2v) is 8.96. The van der Waals surface area contributed by atoms with Crippen LogP contribution in [0.4, 0.5) is 5.82 Å². The first-order chi connectivity index (χ1) is 11.5. The number of fused-ring (bicyclic) bond motifs is 3. The third-order valence-electron chi connectivity index (χ3n) is 7.31. The highest BCUT2D eigenvalue weighted by molar-refractivity contribution is 5.97. The number of nitrogens with one attached hydrogen (secondary N) is 1. The Bertz CT molecular complexity index is 662. The summed E-state index contributed by atoms with van der Waals surface area (Å²) in [5.74, 6) is 2.96. The second kappa shape index (κ2) is 4.93. The van der Waals surface area contributed by atoms with Crippen LogP contribution in [0.25, 0.3) is 0 Å². The van der Waals surface area contributed by atoms with Crippen LogP contribution in [0.2, 0.25) is 0 Å². The van der Waals surface area contributed by atoms with Crippen molar-refractivity contribution in [2.24, 2.45) is 23.0 Å². The van der Waals surface area contributed by atoms with Gasteiger partial charge in [-0.05, 0) is 75.0 Å². The Hall–Kier alpha value is -1.65. The van der Waals surface area contributed by atoms with E-state index in [1.54, 1.807) is 6.20 Å². The molecule has 6 aliphatic rings. The van der Waals surface area contributed by atoms with Gasteiger partial charge in [0.25, 0.3) is 5.91 Å². The van der Waals surface area contributed by atoms with Crippen LogP contribution in [0.15, 0.2) is 6.20 Å². The van der Waals surface area contributed by atoms with E-state index in [-0.39, 0.29) is 5.54 Å². The molecular formula is C19H26N4O. The molecule has 6 saturated carbocycles. The summed E-state index contributed by atoms with van der Waals surface area (Å²) in [6.07, 6.45) is 14.3. The van der Waals surface area contributed by atoms with Gasteiger partial charge in [-0.15, -0.1) is 0 Å². The summed E-state index contributed by atoms with van der Waals surface area (Å²) in [6, 6.07) is 0. The van der Waals surface area contributed by atoms with Gasteiger partial charge in [0.2, 0.25) is 0 Å². The summed E-state index contributed by atoms with van der Waals surface area (Å²) in [5, 5.41) is 3.54. The molecule has 4 bridgehead atoms. The Balaban J connectivity index is 1.40. The number of primary amides is 1. The van der Waals surface area contributed by atoms with Crippen molar-refractivity contribution in [1.82, 2.24) is 9.97 Å². The predicted octanol–water partition coefficient (Wildman–Crippen LogP) is 3.05. The number of carbonyl (C=O) groups is 1. The lowest BCUT2D eigenvalue weighted by molar-refractivity contribution is 0.00171. The Kier molecular flexibility index (Phi) is 3.01. The maximum atomic E-state index is 11.8. The van der Waals surface area contributed by atoms with Gasteiger partial charge in [-0.2, -0.15) is 0 Å². The number of hydrogen-bond acceptors (Lipinski definition) is 4. The van der Waals surface area contributed by atoms with Gasteiger partial charge < -0.3 is 11.1 Å². The van der Waals surface area contributed by atoms with Crippen molar-refractivity contribution < 1.29 is 4.79 Å². The first-order valence-electron chi connectivity index (χ1n) is 9.49. The molecule has 6 aliphatic carbocycles. The van der Waals surface area contributed by atoms with Crippen LogP contribution < -0.4 is 11.1 Å². The van der Waals surface area contributed by atoms with Crippen LogP contribution in [0.3, 0.4) is 0 Å². The number of nitrogens with two attached hydrogens (primary N) is 1. The summed E-state index contributed by atoms with van der Waals surface area (Å²) < 4.78 is 0. The van der Waals surface area contributed by atoms with Crippen molar-refractivity contribution >= 4 is 11.7 Å². The van der Waals surface area contributed by atoms with E-state index in [1.807, 2.05) is 0 Å². The lowest BCUT2D eigenvalue weighted by Gasteiger charge is -2.62. The van der Waals surface area contributed by atoms with E-state index >= 15 is 0 Å². The fourth-order valence-corrected chi connectivity index (χ4v) is 5.60. The zero-order valence-corrected chi connectivity index (χ0v) is 14.2. The number of aromatic nitrogens is 2. The molecule has 1 aromatic rings. The number of amides is 1. The van der Waals surface area contributed by atoms with Gasteiger partial charge in [-0.1, -0.05) is 0 Å². The van der Waals surface area contributed by atoms with E-state index in [2.05, 4.69) is 10.3 Å². The van der Waals surface area contributed by atoms with Gasteiger partial charge in [0.05, 0.1) is 5.56 Å². The molecule has 5 heteroatoms. The molecule has 1 heterocycles. The van der Waals surface area contributed by atoms with Crippen molar-refractivity contribution in [2.45, 2.75) is 69.7 Å². The van der Waals surface area contributed by atoms with Gasteiger partial charge in [0.1, 0.15) is 11.6 Å². The summed E-state index contributed by atoms with van der Waals surface area (Å²) in [7, 11) is 0. The van der Waals surface area contributed by atoms with E-state index < -0.39 is 5.91 Å². The fraction of sp³-hybridized carbons (Fsp3) is 0.737. The number of anilines is 1. The largest absolute Gasteiger partial charge is 0.365 e. The quantitative estimate of drug-likeness (QED) is 0.871. The van der Waals surface area contributed by atoms with E-state index in [0.29, 0.717) is 16.8 Å². The minimum Gasteiger partial charge on any atom is -0.365 e. The molecule has 0 saturated heterocycles. The van der Waals surface area contributed by atoms with Crippen molar-refractivity contribution in [2.75, 3.05) is 5.32 Å². The average molecular weight is 326 g/mol. The van der Waals surface area contributed by atoms with E-state index in [9.17, 15) is 4.79 Å². The highest BCUT2D eigenvalue weighted by Crippen LogP contribution is 2.58. The van der Waals surface area contributed by atoms with Crippen molar-refractivity contribution in [3.05, 3.63) is 17.6 Å². The standard InChI is InChI=1S/C19H26N4O/c20-16(24)14-11-21-15(10-18-4-1-12(2-5-18)3-6-18)22-17(14)23-19-7-13(8-19)9-19/h11-13H,1-10H2,(H2,20,24)(H,21,22,23). The third-order valence-corrected chi connectivity index (χ3v) is 7.31. The topological polar surface area (TPSA) is 80.9 Å². The summed E-state index contributed by atoms with van der Waals surface area (Å²) in [4.78, 5) is 21.0. The first kappa shape index (κ1) is 14.7. The second-order valence-electron chi connectivity index (χ2n) is 8.96. The van der Waals surface area contributed by atoms with Crippen LogP contribution in [0.1, 0.15) is 74.0 Å². The normalized spacial score (nSPS) is 39.0. The molecule has 0 aliphatic heterocycles. The molecule has 7 rings (SSSR count). The molecular weight excluding hydrogens is 300 g/mol. The van der Waals surface area contributed by atoms with Crippen molar-refractivity contribution in [1.29, 1.82) is 0 Å². The third kappa shape index (κ3) is 2.24. The van der Waals surface area contributed by atoms with Gasteiger partial charge >= 0.3 is 0 Å². The number of hydrogen-bond donors (Lipinski definition) is 2. The lowest BCUT2D eigenvalue weighted by atomic mass is 9.50. The average Bonchev–Trinajstić information content (AvgIpc) is 2.51. The van der Waals surface area contributed by atoms with E-state index in [0.717, 1.165) is 24.1 Å². The molecule has 0 unspecified atom stereocenters. The highest BCUT2D eigenvalue weighted by Gasteiger charge is 2.57. The summed E-state index contributed by atoms with van der Waals surface area (Å²) >= 11 is 0. The van der Waals surface area contributed by atoms with Gasteiger partial charge in [-0.3, -0.25) is 4.79 Å². The number of carbonyl (C=O) groups excluding carboxylic acids is 1. The maximum absolute atomic E-state index is 11.8.